The average Bonchev–Trinajstić information content (AvgIpc) is 1.82. The van der Waals surface area contributed by atoms with Gasteiger partial charge in [0, 0.05) is 72.9 Å². The second kappa shape index (κ2) is 22.4. The first-order valence-electron chi connectivity index (χ1n) is 27.7. The predicted molar refractivity (Wildman–Crippen MR) is 318 cm³/mol. The van der Waals surface area contributed by atoms with Crippen LogP contribution < -0.4 is 41.7 Å². The van der Waals surface area contributed by atoms with E-state index in [9.17, 15) is 23.6 Å². The van der Waals surface area contributed by atoms with Gasteiger partial charge in [0.15, 0.2) is 21.7 Å². The van der Waals surface area contributed by atoms with E-state index in [0.717, 1.165) is 47.9 Å². The molecule has 2 aromatic carbocycles. The fourth-order valence-electron chi connectivity index (χ4n) is 11.6. The van der Waals surface area contributed by atoms with Gasteiger partial charge in [-0.2, -0.15) is 19.9 Å². The maximum Gasteiger partial charge on any atom is 0.414 e. The van der Waals surface area contributed by atoms with Crippen LogP contribution in [0.5, 0.6) is 0 Å². The molecule has 4 fully saturated rings. The number of carbonyl (C=O) groups is 4. The third kappa shape index (κ3) is 11.6. The molecular formula is C56H66F2N16O8S2. The van der Waals surface area contributed by atoms with Crippen LogP contribution in [0.3, 0.4) is 0 Å². The summed E-state index contributed by atoms with van der Waals surface area (Å²) in [4.78, 5) is 90.1. The van der Waals surface area contributed by atoms with Crippen molar-refractivity contribution in [2.75, 3.05) is 71.0 Å². The monoisotopic (exact) mass is 1190 g/mol. The molecule has 28 heteroatoms. The SMILES string of the molecule is CCOC(=O)c1csc(Nc2nc(N3C[C@H]4C[C@@H]3C[C@H]4N)c3c(n2)[nH]c2c(NC)cc(F)cc23)n1.CCOC(=O)c1csc(Nc2nc(N3C[C@H]4C[C@@H]3C[C@H]4NC(=O)OC(C)(C)C)c3c(n2)[nH]c2c(N(C)C(=O)OC(C)(C)C)cc(F)cc23)n1. The van der Waals surface area contributed by atoms with Crippen LogP contribution in [-0.2, 0) is 18.9 Å². The van der Waals surface area contributed by atoms with Crippen LogP contribution in [0.1, 0.15) is 102 Å². The maximum atomic E-state index is 15.3. The lowest BCUT2D eigenvalue weighted by Gasteiger charge is -2.33. The molecule has 4 aliphatic rings. The average molecular weight is 1190 g/mol. The molecule has 2 saturated carbocycles. The fraction of sp³-hybridized carbons (Fsp3) is 0.464. The van der Waals surface area contributed by atoms with Crippen molar-refractivity contribution in [1.82, 2.24) is 45.2 Å². The number of thiazole rings is 2. The van der Waals surface area contributed by atoms with Crippen LogP contribution >= 0.6 is 22.7 Å². The fourth-order valence-corrected chi connectivity index (χ4v) is 13.0. The van der Waals surface area contributed by atoms with E-state index < -0.39 is 41.1 Å². The summed E-state index contributed by atoms with van der Waals surface area (Å²) in [5.41, 5.74) is 8.46. The minimum atomic E-state index is -0.758. The number of benzene rings is 2. The van der Waals surface area contributed by atoms with Crippen LogP contribution in [0.25, 0.3) is 43.9 Å². The van der Waals surface area contributed by atoms with Gasteiger partial charge in [-0.05, 0) is 117 Å². The number of nitrogens with two attached hydrogens (primary N) is 1. The van der Waals surface area contributed by atoms with Gasteiger partial charge in [-0.15, -0.1) is 22.7 Å². The Morgan fingerprint density at radius 3 is 1.70 bits per heavy atom. The molecule has 444 valence electrons. The van der Waals surface area contributed by atoms with Gasteiger partial charge in [0.25, 0.3) is 0 Å². The topological polar surface area (TPSA) is 298 Å². The van der Waals surface area contributed by atoms with Crippen molar-refractivity contribution in [3.05, 3.63) is 58.0 Å². The molecular weight excluding hydrogens is 1130 g/mol. The Balaban J connectivity index is 0.000000185. The minimum Gasteiger partial charge on any atom is -0.461 e. The number of H-pyrrole nitrogens is 2. The van der Waals surface area contributed by atoms with E-state index in [0.29, 0.717) is 74.2 Å². The molecule has 2 aliphatic heterocycles. The number of nitrogens with one attached hydrogen (secondary N) is 6. The Hall–Kier alpha value is -8.24. The number of hydrogen-bond donors (Lipinski definition) is 7. The number of halogens is 2. The molecule has 4 bridgehead atoms. The summed E-state index contributed by atoms with van der Waals surface area (Å²) in [6, 6.07) is 6.05. The molecule has 0 spiro atoms. The van der Waals surface area contributed by atoms with Crippen molar-refractivity contribution in [2.24, 2.45) is 17.6 Å². The first-order valence-corrected chi connectivity index (χ1v) is 29.5. The molecule has 8 N–H and O–H groups in total. The van der Waals surface area contributed by atoms with E-state index in [4.69, 9.17) is 39.6 Å². The van der Waals surface area contributed by atoms with E-state index in [2.05, 4.69) is 56.0 Å². The predicted octanol–water partition coefficient (Wildman–Crippen LogP) is 10.1. The van der Waals surface area contributed by atoms with Crippen molar-refractivity contribution in [1.29, 1.82) is 0 Å². The van der Waals surface area contributed by atoms with E-state index in [1.807, 2.05) is 20.8 Å². The van der Waals surface area contributed by atoms with Gasteiger partial charge in [0.05, 0.1) is 46.4 Å². The minimum absolute atomic E-state index is 0.0218. The van der Waals surface area contributed by atoms with Crippen LogP contribution in [0, 0.1) is 23.5 Å². The van der Waals surface area contributed by atoms with Gasteiger partial charge >= 0.3 is 24.1 Å². The summed E-state index contributed by atoms with van der Waals surface area (Å²) in [5.74, 6) is 0.457. The molecule has 2 amide bonds. The lowest BCUT2D eigenvalue weighted by Crippen LogP contribution is -2.47. The summed E-state index contributed by atoms with van der Waals surface area (Å²) < 4.78 is 51.0. The van der Waals surface area contributed by atoms with Gasteiger partial charge in [0.2, 0.25) is 11.9 Å². The molecule has 24 nitrogen and oxygen atoms in total. The van der Waals surface area contributed by atoms with Gasteiger partial charge in [-0.25, -0.2) is 37.9 Å². The number of ether oxygens (including phenoxy) is 4. The zero-order chi connectivity index (χ0) is 59.7. The third-order valence-electron chi connectivity index (χ3n) is 15.1. The Morgan fingerprint density at radius 2 is 1.21 bits per heavy atom. The number of aromatic amines is 2. The third-order valence-corrected chi connectivity index (χ3v) is 16.6. The van der Waals surface area contributed by atoms with E-state index in [-0.39, 0.29) is 72.1 Å². The second-order valence-electron chi connectivity index (χ2n) is 23.2. The maximum absolute atomic E-state index is 15.3. The largest absolute Gasteiger partial charge is 0.461 e. The number of amides is 2. The molecule has 2 aliphatic carbocycles. The Morgan fingerprint density at radius 1 is 0.702 bits per heavy atom. The Labute approximate surface area is 489 Å². The number of rotatable bonds is 13. The van der Waals surface area contributed by atoms with Gasteiger partial charge in [-0.1, -0.05) is 0 Å². The van der Waals surface area contributed by atoms with Crippen LogP contribution in [-0.4, -0.2) is 140 Å². The quantitative estimate of drug-likeness (QED) is 0.0417. The number of alkyl carbamates (subject to hydrolysis) is 1. The van der Waals surface area contributed by atoms with Gasteiger partial charge in [-0.3, -0.25) is 15.5 Å². The number of esters is 2. The summed E-state index contributed by atoms with van der Waals surface area (Å²) in [7, 11) is 3.28. The number of carbonyl (C=O) groups excluding carboxylic acids is 4. The molecule has 6 aromatic heterocycles. The zero-order valence-corrected chi connectivity index (χ0v) is 49.7. The Bertz CT molecular complexity index is 3870. The molecule has 12 rings (SSSR count). The number of hydrogen-bond acceptors (Lipinski definition) is 22. The van der Waals surface area contributed by atoms with Crippen molar-refractivity contribution in [3.8, 4) is 0 Å². The van der Waals surface area contributed by atoms with E-state index in [1.165, 1.54) is 58.9 Å². The van der Waals surface area contributed by atoms with Gasteiger partial charge in [0.1, 0.15) is 45.8 Å². The van der Waals surface area contributed by atoms with Crippen LogP contribution in [0.15, 0.2) is 35.0 Å². The normalized spacial score (nSPS) is 19.9. The zero-order valence-electron chi connectivity index (χ0n) is 48.0. The smallest absolute Gasteiger partial charge is 0.414 e. The number of fused-ring (bicyclic) bond motifs is 10. The molecule has 2 saturated heterocycles. The molecule has 0 unspecified atom stereocenters. The number of anilines is 8. The molecule has 0 radical (unpaired) electrons. The molecule has 6 atom stereocenters. The lowest BCUT2D eigenvalue weighted by atomic mass is 10.0. The molecule has 8 aromatic rings. The summed E-state index contributed by atoms with van der Waals surface area (Å²) in [5, 5.41) is 19.0. The second-order valence-corrected chi connectivity index (χ2v) is 24.9. The summed E-state index contributed by atoms with van der Waals surface area (Å²) in [6.07, 6.45) is 2.29. The van der Waals surface area contributed by atoms with Crippen molar-refractivity contribution >= 4 is 136 Å². The lowest BCUT2D eigenvalue weighted by molar-refractivity contribution is 0.0486. The van der Waals surface area contributed by atoms with Crippen molar-refractivity contribution < 1.29 is 46.9 Å². The highest BCUT2D eigenvalue weighted by Crippen LogP contribution is 2.47. The van der Waals surface area contributed by atoms with E-state index in [1.54, 1.807) is 52.4 Å². The van der Waals surface area contributed by atoms with E-state index >= 15 is 4.39 Å². The van der Waals surface area contributed by atoms with Crippen molar-refractivity contribution in [2.45, 2.75) is 116 Å². The molecule has 8 heterocycles. The highest BCUT2D eigenvalue weighted by molar-refractivity contribution is 7.14. The van der Waals surface area contributed by atoms with Crippen molar-refractivity contribution in [3.63, 3.8) is 0 Å². The van der Waals surface area contributed by atoms with Crippen LogP contribution in [0.2, 0.25) is 0 Å². The first-order chi connectivity index (χ1) is 39.9. The summed E-state index contributed by atoms with van der Waals surface area (Å²) in [6.45, 7) is 16.1. The number of piperidine rings is 2. The highest BCUT2D eigenvalue weighted by Gasteiger charge is 2.48. The number of aromatic nitrogens is 8. The first kappa shape index (κ1) is 57.6. The van der Waals surface area contributed by atoms with Gasteiger partial charge < -0.3 is 55.1 Å². The molecule has 84 heavy (non-hydrogen) atoms. The van der Waals surface area contributed by atoms with Crippen LogP contribution in [0.4, 0.5) is 63.5 Å². The standard InChI is InChI=1S/C33H41FN8O6S.C23H25FN8O2S/c1-9-46-27(43)21-15-49-29(35-21)40-28-38-25-23(19-11-17(34)12-22(24(19)37-25)41(8)31(45)48-33(5,6)7)26(39-28)42-14-16-10-18(42)13-20(16)36-30(44)47-32(2,3)4;1-3-34-21(33)16-9-35-23(27-16)31-22-29-19-17(13-5-11(24)6-15(26-2)18(13)28-19)20(30-22)32-8-10-4-12(32)7-14(10)25/h11-12,15-16,18,20H,9-10,13-14H2,1-8H3,(H,36,44)(H2,35,37,38,39,40);5-6,9-10,12,14,26H,3-4,7-8,25H2,1-2H3,(H2,27,28,29,30,31)/t16-,18-,20-;10-,12-,14-/m11/s1. The number of nitrogens with zero attached hydrogens (tertiary/aromatic N) is 9. The Kier molecular flexibility index (Phi) is 15.4. The highest BCUT2D eigenvalue weighted by atomic mass is 32.1. The summed E-state index contributed by atoms with van der Waals surface area (Å²) >= 11 is 2.46.